The van der Waals surface area contributed by atoms with Crippen LogP contribution in [0.5, 0.6) is 0 Å². The van der Waals surface area contributed by atoms with E-state index in [0.29, 0.717) is 6.54 Å². The molecule has 0 aliphatic heterocycles. The number of hydrogen-bond donors (Lipinski definition) is 2. The molecule has 1 atom stereocenters. The van der Waals surface area contributed by atoms with E-state index < -0.39 is 5.97 Å². The fraction of sp³-hybridized carbons (Fsp3) is 0.267. The van der Waals surface area contributed by atoms with Gasteiger partial charge in [-0.3, -0.25) is 4.79 Å². The second-order valence-electron chi connectivity index (χ2n) is 4.53. The Morgan fingerprint density at radius 1 is 1.32 bits per heavy atom. The molecule has 0 aliphatic rings. The van der Waals surface area contributed by atoms with Gasteiger partial charge in [0.05, 0.1) is 12.5 Å². The van der Waals surface area contributed by atoms with Crippen LogP contribution in [0.15, 0.2) is 41.8 Å². The van der Waals surface area contributed by atoms with Gasteiger partial charge < -0.3 is 10.4 Å². The summed E-state index contributed by atoms with van der Waals surface area (Å²) in [7, 11) is 0. The van der Waals surface area contributed by atoms with Crippen LogP contribution in [0.2, 0.25) is 0 Å². The maximum absolute atomic E-state index is 10.9. The molecular formula is C15H17NO2S. The highest BCUT2D eigenvalue weighted by Crippen LogP contribution is 2.22. The zero-order valence-corrected chi connectivity index (χ0v) is 11.6. The largest absolute Gasteiger partial charge is 0.481 e. The first kappa shape index (κ1) is 13.8. The molecule has 2 N–H and O–H groups in total. The molecule has 0 aliphatic carbocycles. The summed E-state index contributed by atoms with van der Waals surface area (Å²) in [6, 6.07) is 12.0. The standard InChI is InChI=1S/C15H17NO2S/c1-11-4-6-12(7-5-11)10-16-13(9-15(17)18)14-3-2-8-19-14/h2-8,13,16H,9-10H2,1H3,(H,17,18). The van der Waals surface area contributed by atoms with Crippen molar-refractivity contribution in [2.24, 2.45) is 0 Å². The third kappa shape index (κ3) is 4.19. The SMILES string of the molecule is Cc1ccc(CNC(CC(=O)O)c2cccs2)cc1. The number of aryl methyl sites for hydroxylation is 1. The Hall–Kier alpha value is -1.65. The van der Waals surface area contributed by atoms with Crippen molar-refractivity contribution >= 4 is 17.3 Å². The molecule has 0 amide bonds. The van der Waals surface area contributed by atoms with Crippen molar-refractivity contribution in [3.05, 3.63) is 57.8 Å². The fourth-order valence-electron chi connectivity index (χ4n) is 1.88. The van der Waals surface area contributed by atoms with E-state index in [-0.39, 0.29) is 12.5 Å². The molecule has 19 heavy (non-hydrogen) atoms. The van der Waals surface area contributed by atoms with Crippen LogP contribution in [0.4, 0.5) is 0 Å². The Labute approximate surface area is 116 Å². The summed E-state index contributed by atoms with van der Waals surface area (Å²) in [5, 5.41) is 14.3. The second-order valence-corrected chi connectivity index (χ2v) is 5.51. The number of rotatable bonds is 6. The first-order chi connectivity index (χ1) is 9.15. The normalized spacial score (nSPS) is 12.3. The third-order valence-electron chi connectivity index (χ3n) is 2.94. The predicted molar refractivity (Wildman–Crippen MR) is 77.3 cm³/mol. The highest BCUT2D eigenvalue weighted by molar-refractivity contribution is 7.10. The van der Waals surface area contributed by atoms with Crippen molar-refractivity contribution < 1.29 is 9.90 Å². The number of carbonyl (C=O) groups is 1. The van der Waals surface area contributed by atoms with Gasteiger partial charge in [-0.15, -0.1) is 11.3 Å². The zero-order valence-electron chi connectivity index (χ0n) is 10.8. The number of hydrogen-bond acceptors (Lipinski definition) is 3. The molecular weight excluding hydrogens is 258 g/mol. The minimum Gasteiger partial charge on any atom is -0.481 e. The van der Waals surface area contributed by atoms with Crippen LogP contribution in [0.25, 0.3) is 0 Å². The summed E-state index contributed by atoms with van der Waals surface area (Å²) in [6.45, 7) is 2.73. The average molecular weight is 275 g/mol. The van der Waals surface area contributed by atoms with E-state index in [1.54, 1.807) is 11.3 Å². The highest BCUT2D eigenvalue weighted by Gasteiger charge is 2.15. The van der Waals surface area contributed by atoms with E-state index in [2.05, 4.69) is 36.5 Å². The fourth-order valence-corrected chi connectivity index (χ4v) is 2.69. The average Bonchev–Trinajstić information content (AvgIpc) is 2.90. The third-order valence-corrected chi connectivity index (χ3v) is 3.92. The maximum atomic E-state index is 10.9. The van der Waals surface area contributed by atoms with Crippen molar-refractivity contribution in [2.45, 2.75) is 25.9 Å². The number of nitrogens with one attached hydrogen (secondary N) is 1. The van der Waals surface area contributed by atoms with Gasteiger partial charge in [0.25, 0.3) is 0 Å². The molecule has 0 fully saturated rings. The molecule has 1 aromatic carbocycles. The Morgan fingerprint density at radius 2 is 2.05 bits per heavy atom. The lowest BCUT2D eigenvalue weighted by molar-refractivity contribution is -0.137. The van der Waals surface area contributed by atoms with Crippen LogP contribution in [0, 0.1) is 6.92 Å². The van der Waals surface area contributed by atoms with Gasteiger partial charge >= 0.3 is 5.97 Å². The molecule has 0 saturated carbocycles. The molecule has 0 saturated heterocycles. The summed E-state index contributed by atoms with van der Waals surface area (Å²) in [5.74, 6) is -0.783. The van der Waals surface area contributed by atoms with E-state index in [0.717, 1.165) is 10.4 Å². The Morgan fingerprint density at radius 3 is 2.63 bits per heavy atom. The van der Waals surface area contributed by atoms with Crippen LogP contribution in [-0.2, 0) is 11.3 Å². The second kappa shape index (κ2) is 6.50. The summed E-state index contributed by atoms with van der Waals surface area (Å²) < 4.78 is 0. The van der Waals surface area contributed by atoms with Crippen LogP contribution in [-0.4, -0.2) is 11.1 Å². The minimum atomic E-state index is -0.783. The molecule has 1 unspecified atom stereocenters. The molecule has 1 heterocycles. The number of benzene rings is 1. The van der Waals surface area contributed by atoms with Gasteiger partial charge in [0, 0.05) is 11.4 Å². The molecule has 2 aromatic rings. The summed E-state index contributed by atoms with van der Waals surface area (Å²) >= 11 is 1.58. The van der Waals surface area contributed by atoms with Gasteiger partial charge in [-0.2, -0.15) is 0 Å². The summed E-state index contributed by atoms with van der Waals surface area (Å²) in [4.78, 5) is 12.0. The van der Waals surface area contributed by atoms with Gasteiger partial charge in [0.1, 0.15) is 0 Å². The van der Waals surface area contributed by atoms with Crippen molar-refractivity contribution in [1.82, 2.24) is 5.32 Å². The van der Waals surface area contributed by atoms with Gasteiger partial charge in [0.2, 0.25) is 0 Å². The van der Waals surface area contributed by atoms with E-state index in [1.807, 2.05) is 17.5 Å². The van der Waals surface area contributed by atoms with Crippen molar-refractivity contribution in [3.63, 3.8) is 0 Å². The monoisotopic (exact) mass is 275 g/mol. The number of aliphatic carboxylic acids is 1. The van der Waals surface area contributed by atoms with Gasteiger partial charge in [-0.25, -0.2) is 0 Å². The zero-order chi connectivity index (χ0) is 13.7. The van der Waals surface area contributed by atoms with Gasteiger partial charge in [-0.1, -0.05) is 35.9 Å². The minimum absolute atomic E-state index is 0.104. The molecule has 4 heteroatoms. The molecule has 0 spiro atoms. The topological polar surface area (TPSA) is 49.3 Å². The maximum Gasteiger partial charge on any atom is 0.305 e. The van der Waals surface area contributed by atoms with Crippen molar-refractivity contribution in [3.8, 4) is 0 Å². The van der Waals surface area contributed by atoms with Crippen LogP contribution < -0.4 is 5.32 Å². The molecule has 3 nitrogen and oxygen atoms in total. The van der Waals surface area contributed by atoms with Crippen LogP contribution in [0.3, 0.4) is 0 Å². The summed E-state index contributed by atoms with van der Waals surface area (Å²) in [6.07, 6.45) is 0.104. The Bertz CT molecular complexity index is 520. The first-order valence-corrected chi connectivity index (χ1v) is 7.07. The Kier molecular flexibility index (Phi) is 4.71. The molecule has 1 aromatic heterocycles. The van der Waals surface area contributed by atoms with Crippen molar-refractivity contribution in [1.29, 1.82) is 0 Å². The summed E-state index contributed by atoms with van der Waals surface area (Å²) in [5.41, 5.74) is 2.39. The van der Waals surface area contributed by atoms with Crippen LogP contribution in [0.1, 0.15) is 28.5 Å². The lowest BCUT2D eigenvalue weighted by Gasteiger charge is -2.15. The van der Waals surface area contributed by atoms with Gasteiger partial charge in [-0.05, 0) is 23.9 Å². The Balaban J connectivity index is 2.00. The molecule has 0 radical (unpaired) electrons. The van der Waals surface area contributed by atoms with E-state index in [1.165, 1.54) is 5.56 Å². The smallest absolute Gasteiger partial charge is 0.305 e. The van der Waals surface area contributed by atoms with E-state index >= 15 is 0 Å². The van der Waals surface area contributed by atoms with E-state index in [4.69, 9.17) is 5.11 Å². The molecule has 2 rings (SSSR count). The predicted octanol–water partition coefficient (Wildman–Crippen LogP) is 3.36. The quantitative estimate of drug-likeness (QED) is 0.850. The van der Waals surface area contributed by atoms with Crippen molar-refractivity contribution in [2.75, 3.05) is 0 Å². The molecule has 0 bridgehead atoms. The van der Waals surface area contributed by atoms with Crippen LogP contribution >= 0.6 is 11.3 Å². The first-order valence-electron chi connectivity index (χ1n) is 6.19. The lowest BCUT2D eigenvalue weighted by Crippen LogP contribution is -2.22. The van der Waals surface area contributed by atoms with Gasteiger partial charge in [0.15, 0.2) is 0 Å². The van der Waals surface area contributed by atoms with E-state index in [9.17, 15) is 4.79 Å². The number of thiophene rings is 1. The molecule has 100 valence electrons. The highest BCUT2D eigenvalue weighted by atomic mass is 32.1. The number of carboxylic acid groups (broad SMARTS) is 1. The number of carboxylic acids is 1. The lowest BCUT2D eigenvalue weighted by atomic mass is 10.1.